The van der Waals surface area contributed by atoms with E-state index in [4.69, 9.17) is 13.2 Å². The minimum Gasteiger partial charge on any atom is -0.0955 e. The van der Waals surface area contributed by atoms with Crippen LogP contribution in [0.3, 0.4) is 0 Å². The first-order valence-electron chi connectivity index (χ1n) is 12.8. The highest BCUT2D eigenvalue weighted by Crippen LogP contribution is 2.70. The van der Waals surface area contributed by atoms with Gasteiger partial charge < -0.3 is 0 Å². The summed E-state index contributed by atoms with van der Waals surface area (Å²) in [5.41, 5.74) is 14.4. The summed E-state index contributed by atoms with van der Waals surface area (Å²) in [6.45, 7) is 34.5. The number of benzene rings is 1. The fraction of sp³-hybridized carbons (Fsp3) is 0.471. The summed E-state index contributed by atoms with van der Waals surface area (Å²) in [6, 6.07) is 4.46. The van der Waals surface area contributed by atoms with Gasteiger partial charge in [-0.05, 0) is 103 Å². The van der Waals surface area contributed by atoms with Crippen LogP contribution in [0.2, 0.25) is 0 Å². The molecule has 0 spiro atoms. The molecule has 0 amide bonds. The molecule has 0 saturated heterocycles. The second-order valence-electron chi connectivity index (χ2n) is 12.4. The van der Waals surface area contributed by atoms with E-state index < -0.39 is 0 Å². The maximum Gasteiger partial charge on any atom is 0.0284 e. The van der Waals surface area contributed by atoms with Gasteiger partial charge in [0.05, 0.1) is 0 Å². The Bertz CT molecular complexity index is 1280. The zero-order valence-electron chi connectivity index (χ0n) is 23.0. The molecule has 0 saturated carbocycles. The third-order valence-corrected chi connectivity index (χ3v) is 9.32. The van der Waals surface area contributed by atoms with Gasteiger partial charge in [-0.2, -0.15) is 0 Å². The van der Waals surface area contributed by atoms with E-state index in [1.165, 1.54) is 55.7 Å². The third kappa shape index (κ3) is 3.20. The molecule has 3 aliphatic rings. The molecule has 0 aromatic heterocycles. The number of aryl methyl sites for hydroxylation is 1. The summed E-state index contributed by atoms with van der Waals surface area (Å²) in [5, 5.41) is 0. The maximum absolute atomic E-state index is 4.75. The third-order valence-electron chi connectivity index (χ3n) is 9.32. The molecular formula is C34H42. The monoisotopic (exact) mass is 450 g/mol. The van der Waals surface area contributed by atoms with Gasteiger partial charge in [0.1, 0.15) is 0 Å². The van der Waals surface area contributed by atoms with Crippen LogP contribution in [0.15, 0.2) is 65.3 Å². The van der Waals surface area contributed by atoms with E-state index in [1.54, 1.807) is 0 Å². The van der Waals surface area contributed by atoms with Crippen molar-refractivity contribution in [3.05, 3.63) is 87.6 Å². The summed E-state index contributed by atoms with van der Waals surface area (Å²) in [7, 11) is 0. The Morgan fingerprint density at radius 1 is 1.03 bits per heavy atom. The van der Waals surface area contributed by atoms with Gasteiger partial charge in [-0.25, -0.2) is 0 Å². The summed E-state index contributed by atoms with van der Waals surface area (Å²) in [6.07, 6.45) is 3.22. The minimum absolute atomic E-state index is 0.0335. The largest absolute Gasteiger partial charge is 0.0955 e. The van der Waals surface area contributed by atoms with Crippen LogP contribution in [0.1, 0.15) is 90.5 Å². The molecule has 0 N–H and O–H groups in total. The zero-order valence-corrected chi connectivity index (χ0v) is 23.0. The van der Waals surface area contributed by atoms with Crippen molar-refractivity contribution in [3.63, 3.8) is 0 Å². The van der Waals surface area contributed by atoms with Gasteiger partial charge in [-0.3, -0.25) is 0 Å². The molecular weight excluding hydrogens is 408 g/mol. The van der Waals surface area contributed by atoms with Gasteiger partial charge in [-0.1, -0.05) is 89.0 Å². The van der Waals surface area contributed by atoms with Crippen molar-refractivity contribution < 1.29 is 0 Å². The van der Waals surface area contributed by atoms with E-state index in [9.17, 15) is 0 Å². The van der Waals surface area contributed by atoms with Crippen LogP contribution < -0.4 is 0 Å². The smallest absolute Gasteiger partial charge is 0.0284 e. The molecule has 1 aromatic rings. The van der Waals surface area contributed by atoms with Crippen LogP contribution in [0.5, 0.6) is 0 Å². The molecule has 3 aliphatic carbocycles. The molecule has 0 bridgehead atoms. The first-order chi connectivity index (χ1) is 15.7. The molecule has 3 atom stereocenters. The molecule has 0 aliphatic heterocycles. The Morgan fingerprint density at radius 3 is 2.26 bits per heavy atom. The second-order valence-corrected chi connectivity index (χ2v) is 12.4. The van der Waals surface area contributed by atoms with Gasteiger partial charge in [-0.15, -0.1) is 0 Å². The van der Waals surface area contributed by atoms with Crippen LogP contribution in [0.4, 0.5) is 0 Å². The Kier molecular flexibility index (Phi) is 5.60. The highest BCUT2D eigenvalue weighted by atomic mass is 14.6. The van der Waals surface area contributed by atoms with Crippen molar-refractivity contribution in [1.29, 1.82) is 0 Å². The van der Waals surface area contributed by atoms with Crippen LogP contribution in [0, 0.1) is 40.9 Å². The number of hydrogen-bond acceptors (Lipinski definition) is 0. The summed E-state index contributed by atoms with van der Waals surface area (Å²) in [5.74, 6) is 7.28. The lowest BCUT2D eigenvalue weighted by molar-refractivity contribution is 0.0544. The van der Waals surface area contributed by atoms with Gasteiger partial charge in [0, 0.05) is 16.9 Å². The van der Waals surface area contributed by atoms with Gasteiger partial charge in [0.15, 0.2) is 0 Å². The normalized spacial score (nSPS) is 30.5. The fourth-order valence-electron chi connectivity index (χ4n) is 7.88. The average molecular weight is 451 g/mol. The first kappa shape index (κ1) is 24.6. The second kappa shape index (κ2) is 7.75. The predicted octanol–water partition coefficient (Wildman–Crippen LogP) is 9.16. The zero-order chi connectivity index (χ0) is 25.4. The topological polar surface area (TPSA) is 0 Å². The predicted molar refractivity (Wildman–Crippen MR) is 149 cm³/mol. The lowest BCUT2D eigenvalue weighted by Gasteiger charge is -2.62. The summed E-state index contributed by atoms with van der Waals surface area (Å²) < 4.78 is 0. The van der Waals surface area contributed by atoms with E-state index in [2.05, 4.69) is 92.9 Å². The molecule has 0 unspecified atom stereocenters. The highest BCUT2D eigenvalue weighted by Gasteiger charge is 2.59. The SMILES string of the molecule is C=C(C)C1=C(C)C[C@@]2(C)C[C@@]3(C)Cc4c(C#CC(C)C)ccc(C)c4C(=C)C3=C(C)[C@@]2(C)C1=C. The van der Waals surface area contributed by atoms with Crippen molar-refractivity contribution in [3.8, 4) is 11.8 Å². The van der Waals surface area contributed by atoms with Gasteiger partial charge in [0.2, 0.25) is 0 Å². The maximum atomic E-state index is 4.75. The van der Waals surface area contributed by atoms with E-state index in [0.717, 1.165) is 24.8 Å². The molecule has 4 rings (SSSR count). The Hall–Kier alpha value is -2.52. The summed E-state index contributed by atoms with van der Waals surface area (Å²) >= 11 is 0. The van der Waals surface area contributed by atoms with Crippen molar-refractivity contribution in [2.24, 2.45) is 22.2 Å². The van der Waals surface area contributed by atoms with Crippen molar-refractivity contribution in [2.45, 2.75) is 81.6 Å². The minimum atomic E-state index is -0.112. The molecule has 0 fully saturated rings. The molecule has 34 heavy (non-hydrogen) atoms. The number of fused-ring (bicyclic) bond motifs is 3. The van der Waals surface area contributed by atoms with Crippen LogP contribution in [-0.2, 0) is 6.42 Å². The standard InChI is InChI=1S/C34H42/c1-20(2)13-15-27-16-14-22(5)30-24(7)31-26(9)34(12)25(8)29(21(3)4)23(6)17-33(34,11)19-32(31,10)18-28(27)30/h14,16,20H,3,7-8,17-19H2,1-2,4-6,9-12H3/t32-,33+,34-/m1/s1. The van der Waals surface area contributed by atoms with Gasteiger partial charge in [0.25, 0.3) is 0 Å². The highest BCUT2D eigenvalue weighted by molar-refractivity contribution is 5.87. The van der Waals surface area contributed by atoms with Crippen molar-refractivity contribution in [1.82, 2.24) is 0 Å². The molecule has 0 nitrogen and oxygen atoms in total. The summed E-state index contributed by atoms with van der Waals surface area (Å²) in [4.78, 5) is 0. The van der Waals surface area contributed by atoms with Crippen molar-refractivity contribution in [2.75, 3.05) is 0 Å². The van der Waals surface area contributed by atoms with E-state index in [-0.39, 0.29) is 16.2 Å². The van der Waals surface area contributed by atoms with Crippen LogP contribution >= 0.6 is 0 Å². The average Bonchev–Trinajstić information content (AvgIpc) is 2.69. The Labute approximate surface area is 208 Å². The number of allylic oxidation sites excluding steroid dienone is 7. The number of rotatable bonds is 1. The lowest BCUT2D eigenvalue weighted by Crippen LogP contribution is -2.52. The molecule has 1 aromatic carbocycles. The first-order valence-corrected chi connectivity index (χ1v) is 12.8. The molecule has 178 valence electrons. The number of hydrogen-bond donors (Lipinski definition) is 0. The quantitative estimate of drug-likeness (QED) is 0.374. The molecule has 0 heterocycles. The van der Waals surface area contributed by atoms with Crippen LogP contribution in [0.25, 0.3) is 5.57 Å². The lowest BCUT2D eigenvalue weighted by atomic mass is 9.41. The molecule has 0 heteroatoms. The van der Waals surface area contributed by atoms with Crippen LogP contribution in [-0.4, -0.2) is 0 Å². The molecule has 0 radical (unpaired) electrons. The van der Waals surface area contributed by atoms with E-state index in [0.29, 0.717) is 5.92 Å². The van der Waals surface area contributed by atoms with E-state index >= 15 is 0 Å². The Morgan fingerprint density at radius 2 is 1.68 bits per heavy atom. The fourth-order valence-corrected chi connectivity index (χ4v) is 7.88. The van der Waals surface area contributed by atoms with E-state index in [1.807, 2.05) is 0 Å². The van der Waals surface area contributed by atoms with Crippen molar-refractivity contribution >= 4 is 5.57 Å². The van der Waals surface area contributed by atoms with Gasteiger partial charge >= 0.3 is 0 Å². The Balaban J connectivity index is 2.00.